The molecular formula is C29H31N5O4. The highest BCUT2D eigenvalue weighted by Crippen LogP contribution is 2.26. The minimum Gasteiger partial charge on any atom is -0.497 e. The number of carbonyl (C=O) groups excluding carboxylic acids is 2. The van der Waals surface area contributed by atoms with Crippen molar-refractivity contribution in [3.8, 4) is 5.75 Å². The van der Waals surface area contributed by atoms with Gasteiger partial charge >= 0.3 is 0 Å². The summed E-state index contributed by atoms with van der Waals surface area (Å²) in [4.78, 5) is 29.3. The van der Waals surface area contributed by atoms with Gasteiger partial charge in [-0.2, -0.15) is 0 Å². The van der Waals surface area contributed by atoms with E-state index in [4.69, 9.17) is 9.47 Å². The number of methoxy groups -OCH3 is 1. The largest absolute Gasteiger partial charge is 0.497 e. The number of nitrogens with zero attached hydrogens (tertiary/aromatic N) is 4. The Morgan fingerprint density at radius 3 is 2.58 bits per heavy atom. The fraction of sp³-hybridized carbons (Fsp3) is 0.310. The Kier molecular flexibility index (Phi) is 7.94. The Bertz CT molecular complexity index is 1370. The molecule has 1 saturated heterocycles. The van der Waals surface area contributed by atoms with Gasteiger partial charge in [0, 0.05) is 19.7 Å². The van der Waals surface area contributed by atoms with Crippen molar-refractivity contribution in [1.29, 1.82) is 0 Å². The first-order valence-corrected chi connectivity index (χ1v) is 12.8. The van der Waals surface area contributed by atoms with E-state index in [1.54, 1.807) is 16.7 Å². The van der Waals surface area contributed by atoms with Crippen molar-refractivity contribution in [3.05, 3.63) is 90.0 Å². The fourth-order valence-electron chi connectivity index (χ4n) is 4.73. The molecule has 5 rings (SSSR count). The van der Waals surface area contributed by atoms with Crippen molar-refractivity contribution in [3.63, 3.8) is 0 Å². The van der Waals surface area contributed by atoms with Crippen LogP contribution >= 0.6 is 0 Å². The van der Waals surface area contributed by atoms with Crippen LogP contribution in [-0.4, -0.2) is 58.1 Å². The van der Waals surface area contributed by atoms with E-state index in [0.717, 1.165) is 35.2 Å². The number of rotatable bonds is 10. The van der Waals surface area contributed by atoms with Gasteiger partial charge in [-0.25, -0.2) is 4.68 Å². The van der Waals surface area contributed by atoms with Crippen molar-refractivity contribution in [2.45, 2.75) is 38.1 Å². The molecule has 3 aromatic carbocycles. The summed E-state index contributed by atoms with van der Waals surface area (Å²) in [6, 6.07) is 23.5. The van der Waals surface area contributed by atoms with E-state index >= 15 is 0 Å². The molecule has 38 heavy (non-hydrogen) atoms. The molecule has 2 unspecified atom stereocenters. The lowest BCUT2D eigenvalue weighted by molar-refractivity contribution is -0.142. The van der Waals surface area contributed by atoms with Crippen molar-refractivity contribution in [2.24, 2.45) is 0 Å². The van der Waals surface area contributed by atoms with Gasteiger partial charge in [0.15, 0.2) is 0 Å². The van der Waals surface area contributed by atoms with E-state index in [9.17, 15) is 9.59 Å². The van der Waals surface area contributed by atoms with Crippen LogP contribution in [0.5, 0.6) is 5.75 Å². The van der Waals surface area contributed by atoms with Crippen LogP contribution in [0.25, 0.3) is 11.0 Å². The van der Waals surface area contributed by atoms with Gasteiger partial charge in [0.25, 0.3) is 0 Å². The van der Waals surface area contributed by atoms with Crippen molar-refractivity contribution in [1.82, 2.24) is 25.2 Å². The maximum absolute atomic E-state index is 14.0. The maximum atomic E-state index is 14.0. The molecule has 2 atom stereocenters. The summed E-state index contributed by atoms with van der Waals surface area (Å²) in [6.45, 7) is 1.28. The summed E-state index contributed by atoms with van der Waals surface area (Å²) >= 11 is 0. The monoisotopic (exact) mass is 513 g/mol. The molecule has 0 radical (unpaired) electrons. The highest BCUT2D eigenvalue weighted by atomic mass is 16.5. The lowest BCUT2D eigenvalue weighted by Crippen LogP contribution is -2.46. The molecule has 1 aromatic heterocycles. The topological polar surface area (TPSA) is 98.6 Å². The Hall–Kier alpha value is -4.24. The minimum absolute atomic E-state index is 0.0115. The predicted octanol–water partition coefficient (Wildman–Crippen LogP) is 3.51. The molecule has 0 bridgehead atoms. The van der Waals surface area contributed by atoms with Crippen LogP contribution in [0.1, 0.15) is 30.0 Å². The summed E-state index contributed by atoms with van der Waals surface area (Å²) in [5.74, 6) is 0.212. The normalized spacial score (nSPS) is 15.8. The standard InChI is InChI=1S/C29H31N5O4/c1-37-23-15-13-21(14-16-23)19-33(27(35)20-34-26-12-6-5-11-25(26)31-32-34)28(22-8-3-2-4-9-22)29(36)30-18-24-10-7-17-38-24/h2-6,8-9,11-16,24,28H,7,10,17-20H2,1H3,(H,30,36). The van der Waals surface area contributed by atoms with Crippen LogP contribution in [0.3, 0.4) is 0 Å². The van der Waals surface area contributed by atoms with E-state index in [1.807, 2.05) is 78.9 Å². The zero-order valence-electron chi connectivity index (χ0n) is 21.3. The molecule has 9 nitrogen and oxygen atoms in total. The summed E-state index contributed by atoms with van der Waals surface area (Å²) in [5, 5.41) is 11.4. The Labute approximate surface area is 221 Å². The second-order valence-corrected chi connectivity index (χ2v) is 9.30. The van der Waals surface area contributed by atoms with Crippen LogP contribution in [0.15, 0.2) is 78.9 Å². The van der Waals surface area contributed by atoms with Crippen LogP contribution < -0.4 is 10.1 Å². The minimum atomic E-state index is -0.845. The van der Waals surface area contributed by atoms with E-state index in [2.05, 4.69) is 15.6 Å². The summed E-state index contributed by atoms with van der Waals surface area (Å²) in [7, 11) is 1.61. The smallest absolute Gasteiger partial charge is 0.247 e. The molecule has 0 aliphatic carbocycles. The Morgan fingerprint density at radius 1 is 1.08 bits per heavy atom. The summed E-state index contributed by atoms with van der Waals surface area (Å²) < 4.78 is 12.6. The van der Waals surface area contributed by atoms with E-state index in [-0.39, 0.29) is 31.0 Å². The number of ether oxygens (including phenoxy) is 2. The van der Waals surface area contributed by atoms with E-state index in [0.29, 0.717) is 18.7 Å². The highest BCUT2D eigenvalue weighted by molar-refractivity contribution is 5.89. The molecule has 1 N–H and O–H groups in total. The number of carbonyl (C=O) groups is 2. The van der Waals surface area contributed by atoms with Crippen LogP contribution in [-0.2, 0) is 27.4 Å². The molecule has 0 spiro atoms. The first-order valence-electron chi connectivity index (χ1n) is 12.8. The third kappa shape index (κ3) is 5.84. The molecule has 1 fully saturated rings. The molecule has 2 amide bonds. The van der Waals surface area contributed by atoms with Gasteiger partial charge in [-0.3, -0.25) is 9.59 Å². The van der Waals surface area contributed by atoms with Gasteiger partial charge in [0.1, 0.15) is 23.9 Å². The van der Waals surface area contributed by atoms with Crippen molar-refractivity contribution >= 4 is 22.8 Å². The third-order valence-corrected chi connectivity index (χ3v) is 6.74. The van der Waals surface area contributed by atoms with E-state index < -0.39 is 6.04 Å². The third-order valence-electron chi connectivity index (χ3n) is 6.74. The zero-order chi connectivity index (χ0) is 26.3. The first-order chi connectivity index (χ1) is 18.6. The summed E-state index contributed by atoms with van der Waals surface area (Å²) in [5.41, 5.74) is 3.05. The SMILES string of the molecule is COc1ccc(CN(C(=O)Cn2nnc3ccccc32)C(C(=O)NCC2CCCO2)c2ccccc2)cc1. The van der Waals surface area contributed by atoms with Gasteiger partial charge in [0.05, 0.1) is 18.7 Å². The molecule has 4 aromatic rings. The van der Waals surface area contributed by atoms with Gasteiger partial charge in [-0.05, 0) is 48.2 Å². The molecule has 9 heteroatoms. The first kappa shape index (κ1) is 25.4. The second-order valence-electron chi connectivity index (χ2n) is 9.30. The van der Waals surface area contributed by atoms with E-state index in [1.165, 1.54) is 0 Å². The molecule has 0 saturated carbocycles. The Balaban J connectivity index is 1.47. The molecule has 2 heterocycles. The number of hydrogen-bond acceptors (Lipinski definition) is 6. The number of nitrogens with one attached hydrogen (secondary N) is 1. The summed E-state index contributed by atoms with van der Waals surface area (Å²) in [6.07, 6.45) is 1.88. The lowest BCUT2D eigenvalue weighted by atomic mass is 10.0. The number of para-hydroxylation sites is 1. The zero-order valence-corrected chi connectivity index (χ0v) is 21.3. The predicted molar refractivity (Wildman–Crippen MR) is 142 cm³/mol. The lowest BCUT2D eigenvalue weighted by Gasteiger charge is -2.32. The average molecular weight is 514 g/mol. The quantitative estimate of drug-likeness (QED) is 0.349. The van der Waals surface area contributed by atoms with Crippen LogP contribution in [0, 0.1) is 0 Å². The number of benzene rings is 3. The number of fused-ring (bicyclic) bond motifs is 1. The molecule has 196 valence electrons. The van der Waals surface area contributed by atoms with Crippen molar-refractivity contribution < 1.29 is 19.1 Å². The number of hydrogen-bond donors (Lipinski definition) is 1. The Morgan fingerprint density at radius 2 is 1.84 bits per heavy atom. The number of aromatic nitrogens is 3. The van der Waals surface area contributed by atoms with Crippen LogP contribution in [0.2, 0.25) is 0 Å². The fourth-order valence-corrected chi connectivity index (χ4v) is 4.73. The second kappa shape index (κ2) is 11.9. The molecule has 1 aliphatic heterocycles. The number of amides is 2. The molecule has 1 aliphatic rings. The van der Waals surface area contributed by atoms with Crippen molar-refractivity contribution in [2.75, 3.05) is 20.3 Å². The van der Waals surface area contributed by atoms with Gasteiger partial charge < -0.3 is 19.7 Å². The van der Waals surface area contributed by atoms with Gasteiger partial charge in [-0.15, -0.1) is 5.10 Å². The molecular weight excluding hydrogens is 482 g/mol. The maximum Gasteiger partial charge on any atom is 0.247 e. The van der Waals surface area contributed by atoms with Gasteiger partial charge in [-0.1, -0.05) is 59.8 Å². The average Bonchev–Trinajstić information content (AvgIpc) is 3.63. The van der Waals surface area contributed by atoms with Gasteiger partial charge in [0.2, 0.25) is 11.8 Å². The van der Waals surface area contributed by atoms with Crippen LogP contribution in [0.4, 0.5) is 0 Å². The highest BCUT2D eigenvalue weighted by Gasteiger charge is 2.32.